The maximum absolute atomic E-state index is 13.4. The minimum atomic E-state index is -2.38. The van der Waals surface area contributed by atoms with Gasteiger partial charge in [0.25, 0.3) is 0 Å². The quantitative estimate of drug-likeness (QED) is 0.213. The molecule has 0 saturated heterocycles. The van der Waals surface area contributed by atoms with Gasteiger partial charge in [0.15, 0.2) is 5.06 Å². The third-order valence-electron chi connectivity index (χ3n) is 5.34. The van der Waals surface area contributed by atoms with Gasteiger partial charge in [0.05, 0.1) is 0 Å². The van der Waals surface area contributed by atoms with Crippen LogP contribution in [0.25, 0.3) is 9.75 Å². The maximum atomic E-state index is 13.4. The number of rotatable bonds is 6. The van der Waals surface area contributed by atoms with Gasteiger partial charge in [0.2, 0.25) is 0 Å². The van der Waals surface area contributed by atoms with E-state index in [0.717, 1.165) is 20.8 Å². The molecule has 3 aromatic carbocycles. The highest BCUT2D eigenvalue weighted by Crippen LogP contribution is 2.44. The van der Waals surface area contributed by atoms with Crippen LogP contribution in [0.15, 0.2) is 121 Å². The van der Waals surface area contributed by atoms with Crippen LogP contribution < -0.4 is 20.7 Å². The zero-order valence-electron chi connectivity index (χ0n) is 17.7. The van der Waals surface area contributed by atoms with E-state index < -0.39 is 6.89 Å². The zero-order chi connectivity index (χ0) is 22.5. The minimum absolute atomic E-state index is 0.334. The Labute approximate surface area is 201 Å². The fourth-order valence-corrected chi connectivity index (χ4v) is 9.20. The molecule has 0 unspecified atom stereocenters. The van der Waals surface area contributed by atoms with Crippen LogP contribution in [-0.2, 0) is 4.79 Å². The lowest BCUT2D eigenvalue weighted by Gasteiger charge is -2.28. The van der Waals surface area contributed by atoms with Gasteiger partial charge >= 0.3 is 5.97 Å². The predicted molar refractivity (Wildman–Crippen MR) is 144 cm³/mol. The Morgan fingerprint density at radius 1 is 0.636 bits per heavy atom. The van der Waals surface area contributed by atoms with Crippen LogP contribution in [0, 0.1) is 0 Å². The Bertz CT molecular complexity index is 1290. The summed E-state index contributed by atoms with van der Waals surface area (Å²) in [7, 11) is 0. The molecule has 5 heteroatoms. The molecule has 0 amide bonds. The number of hydrogen-bond acceptors (Lipinski definition) is 4. The second kappa shape index (κ2) is 9.76. The van der Waals surface area contributed by atoms with Gasteiger partial charge in [-0.15, -0.1) is 11.3 Å². The first kappa shape index (κ1) is 21.7. The van der Waals surface area contributed by atoms with Gasteiger partial charge in [-0.25, -0.2) is 4.79 Å². The van der Waals surface area contributed by atoms with Crippen LogP contribution in [0.5, 0.6) is 5.06 Å². The first-order valence-electron chi connectivity index (χ1n) is 10.5. The molecule has 0 atom stereocenters. The number of esters is 1. The Balaban J connectivity index is 1.63. The SMILES string of the molecule is O=C(C=P(c1ccccc1)(c1ccccc1)c1ccccc1)Oc1ccc(-c2cccs2)s1. The van der Waals surface area contributed by atoms with Crippen LogP contribution in [-0.4, -0.2) is 11.8 Å². The molecule has 0 aliphatic rings. The molecule has 0 bridgehead atoms. The highest BCUT2D eigenvalue weighted by Gasteiger charge is 2.27. The van der Waals surface area contributed by atoms with Crippen molar-refractivity contribution in [2.45, 2.75) is 0 Å². The fraction of sp³-hybridized carbons (Fsp3) is 0. The van der Waals surface area contributed by atoms with E-state index in [0.29, 0.717) is 5.06 Å². The molecule has 0 saturated carbocycles. The molecular formula is C28H21O2PS2. The van der Waals surface area contributed by atoms with E-state index in [1.54, 1.807) is 11.3 Å². The number of benzene rings is 3. The summed E-state index contributed by atoms with van der Waals surface area (Å²) in [5, 5.41) is 6.00. The summed E-state index contributed by atoms with van der Waals surface area (Å²) < 4.78 is 5.87. The molecule has 162 valence electrons. The van der Waals surface area contributed by atoms with Gasteiger partial charge in [-0.05, 0) is 46.4 Å². The molecule has 0 radical (unpaired) electrons. The third-order valence-corrected chi connectivity index (χ3v) is 11.3. The van der Waals surface area contributed by atoms with Crippen LogP contribution in [0.1, 0.15) is 0 Å². The minimum Gasteiger partial charge on any atom is -0.412 e. The lowest BCUT2D eigenvalue weighted by molar-refractivity contribution is -0.126. The van der Waals surface area contributed by atoms with Crippen LogP contribution >= 0.6 is 29.6 Å². The summed E-state index contributed by atoms with van der Waals surface area (Å²) in [6.07, 6.45) is 0. The third kappa shape index (κ3) is 4.51. The Morgan fingerprint density at radius 3 is 1.67 bits per heavy atom. The average Bonchev–Trinajstić information content (AvgIpc) is 3.57. The van der Waals surface area contributed by atoms with Crippen LogP contribution in [0.2, 0.25) is 0 Å². The number of hydrogen-bond donors (Lipinski definition) is 0. The van der Waals surface area contributed by atoms with Gasteiger partial charge in [0, 0.05) is 15.6 Å². The van der Waals surface area contributed by atoms with E-state index in [1.807, 2.05) is 84.0 Å². The normalized spacial score (nSPS) is 11.2. The lowest BCUT2D eigenvalue weighted by atomic mass is 10.4. The van der Waals surface area contributed by atoms with Crippen molar-refractivity contribution in [2.24, 2.45) is 0 Å². The maximum Gasteiger partial charge on any atom is 0.338 e. The second-order valence-electron chi connectivity index (χ2n) is 7.38. The zero-order valence-corrected chi connectivity index (χ0v) is 20.2. The predicted octanol–water partition coefficient (Wildman–Crippen LogP) is 6.18. The van der Waals surface area contributed by atoms with E-state index in [4.69, 9.17) is 4.74 Å². The van der Waals surface area contributed by atoms with E-state index in [9.17, 15) is 4.79 Å². The standard InChI is InChI=1S/C28H21O2PS2/c29-27(30-28-19-18-26(33-28)25-17-10-20-32-25)21-31(22-11-4-1-5-12-22,23-13-6-2-7-14-23)24-15-8-3-9-16-24/h1-21H. The molecule has 2 aromatic heterocycles. The Hall–Kier alpha value is -3.17. The number of carbonyl (C=O) groups is 1. The summed E-state index contributed by atoms with van der Waals surface area (Å²) >= 11 is 3.17. The van der Waals surface area contributed by atoms with E-state index in [-0.39, 0.29) is 5.97 Å². The number of thiophene rings is 2. The Morgan fingerprint density at radius 2 is 1.18 bits per heavy atom. The lowest BCUT2D eigenvalue weighted by Crippen LogP contribution is -2.29. The fourth-order valence-electron chi connectivity index (χ4n) is 3.87. The summed E-state index contributed by atoms with van der Waals surface area (Å²) in [6.45, 7) is -2.38. The molecule has 5 aromatic rings. The highest BCUT2D eigenvalue weighted by molar-refractivity contribution is 7.95. The van der Waals surface area contributed by atoms with Crippen molar-refractivity contribution in [2.75, 3.05) is 0 Å². The molecule has 2 nitrogen and oxygen atoms in total. The smallest absolute Gasteiger partial charge is 0.338 e. The molecule has 0 aliphatic carbocycles. The molecule has 0 fully saturated rings. The van der Waals surface area contributed by atoms with Crippen molar-refractivity contribution in [1.29, 1.82) is 0 Å². The summed E-state index contributed by atoms with van der Waals surface area (Å²) in [4.78, 5) is 15.7. The monoisotopic (exact) mass is 484 g/mol. The van der Waals surface area contributed by atoms with Crippen molar-refractivity contribution in [3.05, 3.63) is 121 Å². The molecule has 0 N–H and O–H groups in total. The topological polar surface area (TPSA) is 26.3 Å². The highest BCUT2D eigenvalue weighted by atomic mass is 32.1. The molecule has 0 spiro atoms. The first-order chi connectivity index (χ1) is 16.3. The molecule has 5 rings (SSSR count). The molecule has 0 aliphatic heterocycles. The van der Waals surface area contributed by atoms with E-state index in [1.165, 1.54) is 16.2 Å². The van der Waals surface area contributed by atoms with E-state index >= 15 is 0 Å². The van der Waals surface area contributed by atoms with Gasteiger partial charge in [-0.3, -0.25) is 0 Å². The second-order valence-corrected chi connectivity index (χ2v) is 12.6. The van der Waals surface area contributed by atoms with Crippen molar-refractivity contribution >= 4 is 57.2 Å². The summed E-state index contributed by atoms with van der Waals surface area (Å²) in [5.41, 5.74) is 0. The van der Waals surface area contributed by atoms with Gasteiger partial charge in [-0.1, -0.05) is 108 Å². The van der Waals surface area contributed by atoms with Crippen molar-refractivity contribution in [1.82, 2.24) is 0 Å². The number of carbonyl (C=O) groups excluding carboxylic acids is 1. The van der Waals surface area contributed by atoms with Crippen molar-refractivity contribution < 1.29 is 9.53 Å². The van der Waals surface area contributed by atoms with Crippen molar-refractivity contribution in [3.8, 4) is 14.8 Å². The molecule has 33 heavy (non-hydrogen) atoms. The summed E-state index contributed by atoms with van der Waals surface area (Å²) in [5.74, 6) is 1.48. The van der Waals surface area contributed by atoms with Gasteiger partial charge in [0.1, 0.15) is 0 Å². The largest absolute Gasteiger partial charge is 0.412 e. The molecular weight excluding hydrogens is 463 g/mol. The van der Waals surface area contributed by atoms with Gasteiger partial charge < -0.3 is 4.74 Å². The van der Waals surface area contributed by atoms with Crippen molar-refractivity contribution in [3.63, 3.8) is 0 Å². The van der Waals surface area contributed by atoms with Crippen LogP contribution in [0.4, 0.5) is 0 Å². The van der Waals surface area contributed by atoms with Gasteiger partial charge in [-0.2, -0.15) is 0 Å². The Kier molecular flexibility index (Phi) is 6.41. The average molecular weight is 485 g/mol. The molecule has 2 heterocycles. The number of ether oxygens (including phenoxy) is 1. The van der Waals surface area contributed by atoms with E-state index in [2.05, 4.69) is 42.5 Å². The first-order valence-corrected chi connectivity index (χ1v) is 14.1. The van der Waals surface area contributed by atoms with Crippen LogP contribution in [0.3, 0.4) is 0 Å². The summed E-state index contributed by atoms with van der Waals surface area (Å²) in [6, 6.07) is 38.8.